The van der Waals surface area contributed by atoms with Crippen LogP contribution in [0, 0.1) is 0 Å². The normalized spacial score (nSPS) is 19.0. The highest BCUT2D eigenvalue weighted by Crippen LogP contribution is 2.12. The van der Waals surface area contributed by atoms with Crippen molar-refractivity contribution < 1.29 is 9.53 Å². The molecule has 2 aromatic rings. The Morgan fingerprint density at radius 3 is 3.00 bits per heavy atom. The van der Waals surface area contributed by atoms with Crippen LogP contribution in [0.5, 0.6) is 0 Å². The molecule has 1 fully saturated rings. The molecule has 24 heavy (non-hydrogen) atoms. The zero-order valence-corrected chi connectivity index (χ0v) is 13.8. The van der Waals surface area contributed by atoms with Gasteiger partial charge >= 0.3 is 6.03 Å². The van der Waals surface area contributed by atoms with Crippen LogP contribution < -0.4 is 5.32 Å². The Balaban J connectivity index is 1.49. The molecular formula is C17H23N5O2. The molecule has 1 aromatic heterocycles. The van der Waals surface area contributed by atoms with Crippen LogP contribution >= 0.6 is 0 Å². The Hall–Kier alpha value is -2.41. The molecule has 1 aliphatic rings. The number of nitrogens with zero attached hydrogens (tertiary/aromatic N) is 4. The third-order valence-electron chi connectivity index (χ3n) is 4.03. The van der Waals surface area contributed by atoms with Crippen molar-refractivity contribution in [3.8, 4) is 0 Å². The van der Waals surface area contributed by atoms with Crippen LogP contribution in [0.3, 0.4) is 0 Å². The lowest BCUT2D eigenvalue weighted by molar-refractivity contribution is -0.0136. The quantitative estimate of drug-likeness (QED) is 0.898. The predicted octanol–water partition coefficient (Wildman–Crippen LogP) is 1.32. The van der Waals surface area contributed by atoms with E-state index in [2.05, 4.69) is 27.5 Å². The molecule has 1 N–H and O–H groups in total. The molecule has 3 rings (SSSR count). The van der Waals surface area contributed by atoms with E-state index in [1.807, 2.05) is 30.0 Å². The fraction of sp³-hybridized carbons (Fsp3) is 0.471. The van der Waals surface area contributed by atoms with Gasteiger partial charge in [-0.25, -0.2) is 9.78 Å². The molecule has 2 amide bonds. The fourth-order valence-electron chi connectivity index (χ4n) is 2.86. The number of urea groups is 1. The SMILES string of the molecule is CC(Cn1cncn1)NC(=O)N1CCOC(Cc2ccccc2)C1. The zero-order chi connectivity index (χ0) is 16.8. The van der Waals surface area contributed by atoms with E-state index in [1.54, 1.807) is 11.0 Å². The first-order chi connectivity index (χ1) is 11.7. The van der Waals surface area contributed by atoms with Gasteiger partial charge in [-0.2, -0.15) is 5.10 Å². The van der Waals surface area contributed by atoms with Crippen LogP contribution in [0.1, 0.15) is 12.5 Å². The summed E-state index contributed by atoms with van der Waals surface area (Å²) in [6.45, 7) is 4.36. The van der Waals surface area contributed by atoms with Crippen molar-refractivity contribution in [1.29, 1.82) is 0 Å². The molecule has 128 valence electrons. The van der Waals surface area contributed by atoms with E-state index in [9.17, 15) is 4.79 Å². The monoisotopic (exact) mass is 329 g/mol. The molecule has 7 nitrogen and oxygen atoms in total. The van der Waals surface area contributed by atoms with Crippen LogP contribution in [-0.2, 0) is 17.7 Å². The van der Waals surface area contributed by atoms with E-state index in [1.165, 1.54) is 11.9 Å². The summed E-state index contributed by atoms with van der Waals surface area (Å²) in [4.78, 5) is 18.2. The Kier molecular flexibility index (Phi) is 5.43. The third kappa shape index (κ3) is 4.55. The second kappa shape index (κ2) is 7.92. The molecule has 1 aromatic carbocycles. The molecule has 1 aliphatic heterocycles. The van der Waals surface area contributed by atoms with Crippen molar-refractivity contribution in [2.24, 2.45) is 0 Å². The number of nitrogens with one attached hydrogen (secondary N) is 1. The van der Waals surface area contributed by atoms with Gasteiger partial charge in [0.15, 0.2) is 0 Å². The molecule has 2 unspecified atom stereocenters. The van der Waals surface area contributed by atoms with E-state index in [0.29, 0.717) is 26.2 Å². The molecule has 2 atom stereocenters. The number of morpholine rings is 1. The average molecular weight is 329 g/mol. The molecular weight excluding hydrogens is 306 g/mol. The number of carbonyl (C=O) groups excluding carboxylic acids is 1. The lowest BCUT2D eigenvalue weighted by Crippen LogP contribution is -2.52. The van der Waals surface area contributed by atoms with Gasteiger partial charge in [0.25, 0.3) is 0 Å². The summed E-state index contributed by atoms with van der Waals surface area (Å²) in [5.74, 6) is 0. The van der Waals surface area contributed by atoms with Gasteiger partial charge in [0.05, 0.1) is 19.3 Å². The Bertz CT molecular complexity index is 632. The average Bonchev–Trinajstić information content (AvgIpc) is 3.09. The number of carbonyl (C=O) groups is 1. The summed E-state index contributed by atoms with van der Waals surface area (Å²) in [5.41, 5.74) is 1.23. The summed E-state index contributed by atoms with van der Waals surface area (Å²) in [6, 6.07) is 10.1. The van der Waals surface area contributed by atoms with Gasteiger partial charge < -0.3 is 15.0 Å². The number of amides is 2. The first kappa shape index (κ1) is 16.4. The lowest BCUT2D eigenvalue weighted by atomic mass is 10.1. The first-order valence-corrected chi connectivity index (χ1v) is 8.24. The highest BCUT2D eigenvalue weighted by Gasteiger charge is 2.25. The summed E-state index contributed by atoms with van der Waals surface area (Å²) in [5, 5.41) is 7.07. The van der Waals surface area contributed by atoms with E-state index in [0.717, 1.165) is 6.42 Å². The number of rotatable bonds is 5. The number of ether oxygens (including phenoxy) is 1. The molecule has 7 heteroatoms. The van der Waals surface area contributed by atoms with Crippen molar-refractivity contribution in [2.75, 3.05) is 19.7 Å². The zero-order valence-electron chi connectivity index (χ0n) is 13.8. The second-order valence-corrected chi connectivity index (χ2v) is 6.10. The maximum atomic E-state index is 12.4. The minimum atomic E-state index is -0.0519. The van der Waals surface area contributed by atoms with E-state index in [4.69, 9.17) is 4.74 Å². The Labute approximate surface area is 141 Å². The highest BCUT2D eigenvalue weighted by atomic mass is 16.5. The lowest BCUT2D eigenvalue weighted by Gasteiger charge is -2.33. The van der Waals surface area contributed by atoms with E-state index < -0.39 is 0 Å². The summed E-state index contributed by atoms with van der Waals surface area (Å²) < 4.78 is 7.52. The Morgan fingerprint density at radius 2 is 2.25 bits per heavy atom. The van der Waals surface area contributed by atoms with Gasteiger partial charge in [-0.3, -0.25) is 4.68 Å². The topological polar surface area (TPSA) is 72.3 Å². The maximum absolute atomic E-state index is 12.4. The van der Waals surface area contributed by atoms with Crippen molar-refractivity contribution in [3.05, 3.63) is 48.5 Å². The highest BCUT2D eigenvalue weighted by molar-refractivity contribution is 5.74. The van der Waals surface area contributed by atoms with Crippen LogP contribution in [0.25, 0.3) is 0 Å². The maximum Gasteiger partial charge on any atom is 0.317 e. The number of aromatic nitrogens is 3. The second-order valence-electron chi connectivity index (χ2n) is 6.10. The van der Waals surface area contributed by atoms with Crippen molar-refractivity contribution in [3.63, 3.8) is 0 Å². The predicted molar refractivity (Wildman–Crippen MR) is 89.5 cm³/mol. The summed E-state index contributed by atoms with van der Waals surface area (Å²) in [6.07, 6.45) is 3.99. The summed E-state index contributed by atoms with van der Waals surface area (Å²) >= 11 is 0. The first-order valence-electron chi connectivity index (χ1n) is 8.24. The summed E-state index contributed by atoms with van der Waals surface area (Å²) in [7, 11) is 0. The van der Waals surface area contributed by atoms with Gasteiger partial charge in [-0.05, 0) is 12.5 Å². The smallest absolute Gasteiger partial charge is 0.317 e. The van der Waals surface area contributed by atoms with E-state index in [-0.39, 0.29) is 18.2 Å². The van der Waals surface area contributed by atoms with Crippen molar-refractivity contribution in [2.45, 2.75) is 32.0 Å². The molecule has 0 radical (unpaired) electrons. The molecule has 2 heterocycles. The van der Waals surface area contributed by atoms with Crippen LogP contribution in [0.4, 0.5) is 4.79 Å². The Morgan fingerprint density at radius 1 is 1.42 bits per heavy atom. The number of benzene rings is 1. The minimum absolute atomic E-state index is 0.0189. The van der Waals surface area contributed by atoms with Gasteiger partial charge in [0.1, 0.15) is 12.7 Å². The van der Waals surface area contributed by atoms with Crippen LogP contribution in [0.15, 0.2) is 43.0 Å². The van der Waals surface area contributed by atoms with Gasteiger partial charge in [0, 0.05) is 25.6 Å². The largest absolute Gasteiger partial charge is 0.374 e. The van der Waals surface area contributed by atoms with Crippen molar-refractivity contribution in [1.82, 2.24) is 25.0 Å². The standard InChI is InChI=1S/C17H23N5O2/c1-14(10-22-13-18-12-19-22)20-17(23)21-7-8-24-16(11-21)9-15-5-3-2-4-6-15/h2-6,12-14,16H,7-11H2,1H3,(H,20,23). The van der Waals surface area contributed by atoms with Crippen LogP contribution in [0.2, 0.25) is 0 Å². The van der Waals surface area contributed by atoms with Crippen LogP contribution in [-0.4, -0.2) is 57.5 Å². The molecule has 0 saturated carbocycles. The molecule has 0 spiro atoms. The minimum Gasteiger partial charge on any atom is -0.374 e. The number of hydrogen-bond acceptors (Lipinski definition) is 4. The fourth-order valence-corrected chi connectivity index (χ4v) is 2.86. The molecule has 1 saturated heterocycles. The van der Waals surface area contributed by atoms with Gasteiger partial charge in [0.2, 0.25) is 0 Å². The van der Waals surface area contributed by atoms with Gasteiger partial charge in [-0.15, -0.1) is 0 Å². The third-order valence-corrected chi connectivity index (χ3v) is 4.03. The molecule has 0 aliphatic carbocycles. The number of hydrogen-bond donors (Lipinski definition) is 1. The van der Waals surface area contributed by atoms with Crippen molar-refractivity contribution >= 4 is 6.03 Å². The molecule has 0 bridgehead atoms. The van der Waals surface area contributed by atoms with E-state index >= 15 is 0 Å². The van der Waals surface area contributed by atoms with Gasteiger partial charge in [-0.1, -0.05) is 30.3 Å².